The molecule has 7 heteroatoms. The second kappa shape index (κ2) is 9.45. The monoisotopic (exact) mass is 376 g/mol. The molecule has 0 bridgehead atoms. The number of hydrazone groups is 1. The van der Waals surface area contributed by atoms with Crippen molar-refractivity contribution in [3.8, 4) is 6.01 Å². The third-order valence-electron chi connectivity index (χ3n) is 3.90. The summed E-state index contributed by atoms with van der Waals surface area (Å²) < 4.78 is 5.74. The van der Waals surface area contributed by atoms with Crippen molar-refractivity contribution in [2.24, 2.45) is 5.10 Å². The third-order valence-corrected chi connectivity index (χ3v) is 3.90. The lowest BCUT2D eigenvalue weighted by Gasteiger charge is -2.14. The van der Waals surface area contributed by atoms with E-state index < -0.39 is 0 Å². The van der Waals surface area contributed by atoms with Crippen LogP contribution in [0.25, 0.3) is 0 Å². The number of benzene rings is 1. The van der Waals surface area contributed by atoms with Gasteiger partial charge >= 0.3 is 6.01 Å². The summed E-state index contributed by atoms with van der Waals surface area (Å²) in [6.07, 6.45) is 4.21. The molecule has 0 aliphatic heterocycles. The van der Waals surface area contributed by atoms with Crippen molar-refractivity contribution in [1.82, 2.24) is 15.0 Å². The highest BCUT2D eigenvalue weighted by atomic mass is 16.5. The zero-order chi connectivity index (χ0) is 19.8. The number of aryl methyl sites for hydroxylation is 1. The molecule has 144 valence electrons. The molecule has 0 atom stereocenters. The fraction of sp³-hybridized carbons (Fsp3) is 0.238. The Morgan fingerprint density at radius 3 is 2.75 bits per heavy atom. The van der Waals surface area contributed by atoms with Gasteiger partial charge in [-0.05, 0) is 24.6 Å². The molecule has 2 aromatic heterocycles. The normalized spacial score (nSPS) is 10.8. The predicted octanol–water partition coefficient (Wildman–Crippen LogP) is 3.31. The van der Waals surface area contributed by atoms with Crippen LogP contribution < -0.4 is 15.1 Å². The first-order valence-electron chi connectivity index (χ1n) is 9.05. The van der Waals surface area contributed by atoms with Gasteiger partial charge in [0, 0.05) is 38.5 Å². The summed E-state index contributed by atoms with van der Waals surface area (Å²) in [5.41, 5.74) is 6.12. The molecule has 3 rings (SSSR count). The van der Waals surface area contributed by atoms with Crippen LogP contribution in [0.15, 0.2) is 59.8 Å². The minimum Gasteiger partial charge on any atom is -0.463 e. The van der Waals surface area contributed by atoms with Crippen LogP contribution in [0.4, 0.5) is 11.6 Å². The lowest BCUT2D eigenvalue weighted by molar-refractivity contribution is 0.295. The molecule has 0 fully saturated rings. The zero-order valence-corrected chi connectivity index (χ0v) is 16.3. The molecule has 7 nitrogen and oxygen atoms in total. The van der Waals surface area contributed by atoms with Gasteiger partial charge in [-0.15, -0.1) is 0 Å². The number of rotatable bonds is 8. The van der Waals surface area contributed by atoms with Gasteiger partial charge in [-0.25, -0.2) is 0 Å². The Morgan fingerprint density at radius 1 is 1.11 bits per heavy atom. The van der Waals surface area contributed by atoms with Crippen molar-refractivity contribution in [3.63, 3.8) is 0 Å². The Bertz CT molecular complexity index is 927. The number of nitrogens with one attached hydrogen (secondary N) is 1. The standard InChI is InChI=1S/C21H24N6O/c1-16-7-6-8-17(13-16)15-23-26-19-14-20(27(2)3)25-21(24-19)28-12-10-18-9-4-5-11-22-18/h4-9,11,13-15H,10,12H2,1-3H3,(H,24,25,26)/b23-15+. The lowest BCUT2D eigenvalue weighted by Crippen LogP contribution is -2.13. The Labute approximate surface area is 165 Å². The maximum Gasteiger partial charge on any atom is 0.320 e. The van der Waals surface area contributed by atoms with Crippen LogP contribution in [-0.2, 0) is 6.42 Å². The van der Waals surface area contributed by atoms with Gasteiger partial charge in [-0.1, -0.05) is 35.9 Å². The smallest absolute Gasteiger partial charge is 0.320 e. The van der Waals surface area contributed by atoms with Gasteiger partial charge in [-0.2, -0.15) is 15.1 Å². The molecular weight excluding hydrogens is 352 g/mol. The molecule has 28 heavy (non-hydrogen) atoms. The Hall–Kier alpha value is -3.48. The van der Waals surface area contributed by atoms with Gasteiger partial charge in [0.2, 0.25) is 0 Å². The molecule has 2 heterocycles. The molecule has 0 saturated carbocycles. The van der Waals surface area contributed by atoms with E-state index in [1.165, 1.54) is 5.56 Å². The number of nitrogens with zero attached hydrogens (tertiary/aromatic N) is 5. The second-order valence-corrected chi connectivity index (χ2v) is 6.49. The summed E-state index contributed by atoms with van der Waals surface area (Å²) in [5.74, 6) is 1.30. The van der Waals surface area contributed by atoms with E-state index in [9.17, 15) is 0 Å². The second-order valence-electron chi connectivity index (χ2n) is 6.49. The van der Waals surface area contributed by atoms with Crippen molar-refractivity contribution in [3.05, 3.63) is 71.5 Å². The molecular formula is C21H24N6O. The average Bonchev–Trinajstić information content (AvgIpc) is 2.69. The van der Waals surface area contributed by atoms with Crippen molar-refractivity contribution >= 4 is 17.9 Å². The molecule has 0 saturated heterocycles. The topological polar surface area (TPSA) is 75.5 Å². The molecule has 0 aliphatic rings. The molecule has 0 unspecified atom stereocenters. The average molecular weight is 376 g/mol. The highest BCUT2D eigenvalue weighted by molar-refractivity contribution is 5.80. The first-order valence-corrected chi connectivity index (χ1v) is 9.05. The maximum atomic E-state index is 5.74. The van der Waals surface area contributed by atoms with Crippen LogP contribution in [0.5, 0.6) is 6.01 Å². The van der Waals surface area contributed by atoms with Gasteiger partial charge in [0.1, 0.15) is 5.82 Å². The van der Waals surface area contributed by atoms with E-state index in [4.69, 9.17) is 4.74 Å². The number of pyridine rings is 1. The van der Waals surface area contributed by atoms with Crippen LogP contribution in [0.1, 0.15) is 16.8 Å². The van der Waals surface area contributed by atoms with Gasteiger partial charge in [0.05, 0.1) is 12.8 Å². The third kappa shape index (κ3) is 5.77. The summed E-state index contributed by atoms with van der Waals surface area (Å²) in [4.78, 5) is 15.0. The lowest BCUT2D eigenvalue weighted by atomic mass is 10.2. The summed E-state index contributed by atoms with van der Waals surface area (Å²) in [6.45, 7) is 2.49. The maximum absolute atomic E-state index is 5.74. The van der Waals surface area contributed by atoms with E-state index in [0.29, 0.717) is 24.9 Å². The number of anilines is 2. The highest BCUT2D eigenvalue weighted by Gasteiger charge is 2.07. The van der Waals surface area contributed by atoms with Crippen molar-refractivity contribution in [2.45, 2.75) is 13.3 Å². The minimum absolute atomic E-state index is 0.301. The molecule has 0 radical (unpaired) electrons. The largest absolute Gasteiger partial charge is 0.463 e. The van der Waals surface area contributed by atoms with Crippen molar-refractivity contribution in [1.29, 1.82) is 0 Å². The zero-order valence-electron chi connectivity index (χ0n) is 16.3. The summed E-state index contributed by atoms with van der Waals surface area (Å²) in [5, 5.41) is 4.27. The number of hydrogen-bond donors (Lipinski definition) is 1. The van der Waals surface area contributed by atoms with E-state index in [1.54, 1.807) is 12.4 Å². The van der Waals surface area contributed by atoms with Crippen LogP contribution in [0.2, 0.25) is 0 Å². The minimum atomic E-state index is 0.301. The first-order chi connectivity index (χ1) is 13.6. The van der Waals surface area contributed by atoms with Gasteiger partial charge in [-0.3, -0.25) is 10.4 Å². The van der Waals surface area contributed by atoms with Crippen LogP contribution in [-0.4, -0.2) is 41.9 Å². The predicted molar refractivity (Wildman–Crippen MR) is 112 cm³/mol. The van der Waals surface area contributed by atoms with Gasteiger partial charge in [0.25, 0.3) is 0 Å². The fourth-order valence-electron chi connectivity index (χ4n) is 2.48. The van der Waals surface area contributed by atoms with E-state index >= 15 is 0 Å². The van der Waals surface area contributed by atoms with Crippen LogP contribution in [0, 0.1) is 6.92 Å². The van der Waals surface area contributed by atoms with Crippen LogP contribution in [0.3, 0.4) is 0 Å². The molecule has 0 amide bonds. The summed E-state index contributed by atoms with van der Waals surface area (Å²) in [7, 11) is 3.83. The highest BCUT2D eigenvalue weighted by Crippen LogP contribution is 2.18. The molecule has 1 N–H and O–H groups in total. The first kappa shape index (κ1) is 19.3. The number of ether oxygens (including phenoxy) is 1. The van der Waals surface area contributed by atoms with Crippen molar-refractivity contribution < 1.29 is 4.74 Å². The summed E-state index contributed by atoms with van der Waals surface area (Å²) in [6, 6.07) is 16.0. The van der Waals surface area contributed by atoms with E-state index in [-0.39, 0.29) is 0 Å². The van der Waals surface area contributed by atoms with E-state index in [2.05, 4.69) is 31.5 Å². The van der Waals surface area contributed by atoms with Crippen LogP contribution >= 0.6 is 0 Å². The molecule has 1 aromatic carbocycles. The molecule has 0 aliphatic carbocycles. The number of aromatic nitrogens is 3. The number of hydrogen-bond acceptors (Lipinski definition) is 7. The molecule has 3 aromatic rings. The summed E-state index contributed by atoms with van der Waals surface area (Å²) >= 11 is 0. The van der Waals surface area contributed by atoms with Gasteiger partial charge < -0.3 is 9.64 Å². The van der Waals surface area contributed by atoms with E-state index in [1.807, 2.05) is 68.4 Å². The SMILES string of the molecule is Cc1cccc(/C=N/Nc2cc(N(C)C)nc(OCCc3ccccn3)n2)c1. The quantitative estimate of drug-likeness (QED) is 0.480. The fourth-order valence-corrected chi connectivity index (χ4v) is 2.48. The van der Waals surface area contributed by atoms with E-state index in [0.717, 1.165) is 17.1 Å². The van der Waals surface area contributed by atoms with Crippen molar-refractivity contribution in [2.75, 3.05) is 31.0 Å². The Kier molecular flexibility index (Phi) is 6.51. The van der Waals surface area contributed by atoms with Gasteiger partial charge in [0.15, 0.2) is 5.82 Å². The molecule has 0 spiro atoms. The Balaban J connectivity index is 1.66. The Morgan fingerprint density at radius 2 is 2.00 bits per heavy atom.